The fraction of sp³-hybridized carbons (Fsp3) is 0.867. The number of urea groups is 1. The van der Waals surface area contributed by atoms with E-state index in [9.17, 15) is 9.59 Å². The van der Waals surface area contributed by atoms with E-state index in [1.807, 2.05) is 0 Å². The van der Waals surface area contributed by atoms with Crippen molar-refractivity contribution in [1.82, 2.24) is 10.6 Å². The Morgan fingerprint density at radius 1 is 1.29 bits per heavy atom. The molecule has 2 saturated carbocycles. The van der Waals surface area contributed by atoms with Gasteiger partial charge in [0.15, 0.2) is 0 Å². The topological polar surface area (TPSA) is 87.7 Å². The van der Waals surface area contributed by atoms with Crippen molar-refractivity contribution in [2.75, 3.05) is 7.11 Å². The lowest BCUT2D eigenvalue weighted by Crippen LogP contribution is -2.64. The molecule has 3 N–H and O–H groups in total. The standard InChI is InChI=1S/C15H26N2O4/c1-14(2)10(8-11(14)21-3)16-13(20)17-15(9-12(18)19)6-4-5-7-15/h10-11H,4-9H2,1-3H3,(H,18,19)(H2,16,17,20). The monoisotopic (exact) mass is 298 g/mol. The van der Waals surface area contributed by atoms with E-state index in [1.54, 1.807) is 7.11 Å². The van der Waals surface area contributed by atoms with Crippen molar-refractivity contribution in [1.29, 1.82) is 0 Å². The summed E-state index contributed by atoms with van der Waals surface area (Å²) in [7, 11) is 1.68. The van der Waals surface area contributed by atoms with Crippen molar-refractivity contribution in [3.63, 3.8) is 0 Å². The number of methoxy groups -OCH3 is 1. The second-order valence-electron chi connectivity index (χ2n) is 6.99. The highest BCUT2D eigenvalue weighted by molar-refractivity contribution is 5.77. The molecule has 2 aliphatic rings. The molecule has 2 amide bonds. The van der Waals surface area contributed by atoms with Gasteiger partial charge in [0.2, 0.25) is 0 Å². The van der Waals surface area contributed by atoms with Gasteiger partial charge >= 0.3 is 12.0 Å². The van der Waals surface area contributed by atoms with Gasteiger partial charge in [-0.15, -0.1) is 0 Å². The maximum Gasteiger partial charge on any atom is 0.315 e. The van der Waals surface area contributed by atoms with Crippen molar-refractivity contribution in [3.8, 4) is 0 Å². The molecule has 6 nitrogen and oxygen atoms in total. The summed E-state index contributed by atoms with van der Waals surface area (Å²) >= 11 is 0. The van der Waals surface area contributed by atoms with Crippen LogP contribution in [-0.4, -0.2) is 41.9 Å². The third-order valence-electron chi connectivity index (χ3n) is 5.20. The van der Waals surface area contributed by atoms with E-state index in [4.69, 9.17) is 9.84 Å². The molecule has 0 spiro atoms. The van der Waals surface area contributed by atoms with Crippen LogP contribution in [0.5, 0.6) is 0 Å². The molecular formula is C15H26N2O4. The van der Waals surface area contributed by atoms with Crippen molar-refractivity contribution < 1.29 is 19.4 Å². The number of hydrogen-bond acceptors (Lipinski definition) is 3. The molecule has 0 aliphatic heterocycles. The molecule has 0 aromatic carbocycles. The number of nitrogens with one attached hydrogen (secondary N) is 2. The number of ether oxygens (including phenoxy) is 1. The Morgan fingerprint density at radius 2 is 1.90 bits per heavy atom. The van der Waals surface area contributed by atoms with E-state index in [0.29, 0.717) is 0 Å². The highest BCUT2D eigenvalue weighted by Gasteiger charge is 2.49. The second-order valence-corrected chi connectivity index (χ2v) is 6.99. The highest BCUT2D eigenvalue weighted by Crippen LogP contribution is 2.42. The number of rotatable bonds is 5. The Bertz CT molecular complexity index is 416. The Kier molecular flexibility index (Phi) is 4.46. The summed E-state index contributed by atoms with van der Waals surface area (Å²) in [6.07, 6.45) is 4.35. The summed E-state index contributed by atoms with van der Waals surface area (Å²) in [5, 5.41) is 14.9. The molecule has 0 bridgehead atoms. The number of carbonyl (C=O) groups is 2. The van der Waals surface area contributed by atoms with Gasteiger partial charge < -0.3 is 20.5 Å². The van der Waals surface area contributed by atoms with Crippen LogP contribution in [0.25, 0.3) is 0 Å². The lowest BCUT2D eigenvalue weighted by Gasteiger charge is -2.51. The van der Waals surface area contributed by atoms with E-state index < -0.39 is 11.5 Å². The van der Waals surface area contributed by atoms with Crippen molar-refractivity contribution in [2.45, 2.75) is 70.1 Å². The van der Waals surface area contributed by atoms with Crippen LogP contribution >= 0.6 is 0 Å². The molecule has 2 aliphatic carbocycles. The van der Waals surface area contributed by atoms with Crippen LogP contribution < -0.4 is 10.6 Å². The lowest BCUT2D eigenvalue weighted by atomic mass is 9.64. The summed E-state index contributed by atoms with van der Waals surface area (Å²) in [4.78, 5) is 23.2. The molecule has 2 fully saturated rings. The van der Waals surface area contributed by atoms with Crippen LogP contribution in [-0.2, 0) is 9.53 Å². The molecule has 0 heterocycles. The average molecular weight is 298 g/mol. The molecule has 0 aromatic heterocycles. The first kappa shape index (κ1) is 16.1. The molecule has 21 heavy (non-hydrogen) atoms. The van der Waals surface area contributed by atoms with Gasteiger partial charge in [0.1, 0.15) is 0 Å². The van der Waals surface area contributed by atoms with Gasteiger partial charge in [-0.05, 0) is 19.3 Å². The van der Waals surface area contributed by atoms with Gasteiger partial charge in [0.05, 0.1) is 18.1 Å². The predicted octanol–water partition coefficient (Wildman–Crippen LogP) is 1.89. The number of aliphatic carboxylic acids is 1. The fourth-order valence-electron chi connectivity index (χ4n) is 3.65. The Balaban J connectivity index is 1.90. The SMILES string of the molecule is COC1CC(NC(=O)NC2(CC(=O)O)CCCC2)C1(C)C. The van der Waals surface area contributed by atoms with Crippen molar-refractivity contribution in [3.05, 3.63) is 0 Å². The molecule has 0 radical (unpaired) electrons. The summed E-state index contributed by atoms with van der Waals surface area (Å²) in [5.74, 6) is -0.861. The van der Waals surface area contributed by atoms with Crippen molar-refractivity contribution in [2.24, 2.45) is 5.41 Å². The number of carboxylic acids is 1. The van der Waals surface area contributed by atoms with E-state index in [0.717, 1.165) is 32.1 Å². The predicted molar refractivity (Wildman–Crippen MR) is 78.1 cm³/mol. The second kappa shape index (κ2) is 5.83. The maximum atomic E-state index is 12.2. The number of amides is 2. The quantitative estimate of drug-likeness (QED) is 0.723. The zero-order valence-electron chi connectivity index (χ0n) is 13.1. The number of carbonyl (C=O) groups excluding carboxylic acids is 1. The van der Waals surface area contributed by atoms with Gasteiger partial charge in [-0.1, -0.05) is 26.7 Å². The first-order valence-corrected chi connectivity index (χ1v) is 7.62. The smallest absolute Gasteiger partial charge is 0.315 e. The minimum atomic E-state index is -0.861. The Hall–Kier alpha value is -1.30. The molecule has 0 saturated heterocycles. The van der Waals surface area contributed by atoms with E-state index in [-0.39, 0.29) is 30.0 Å². The van der Waals surface area contributed by atoms with Gasteiger partial charge in [0, 0.05) is 18.6 Å². The lowest BCUT2D eigenvalue weighted by molar-refractivity contribution is -0.138. The van der Waals surface area contributed by atoms with Gasteiger partial charge in [0.25, 0.3) is 0 Å². The van der Waals surface area contributed by atoms with E-state index in [1.165, 1.54) is 0 Å². The van der Waals surface area contributed by atoms with Gasteiger partial charge in [-0.3, -0.25) is 4.79 Å². The summed E-state index contributed by atoms with van der Waals surface area (Å²) in [5.41, 5.74) is -0.674. The molecule has 2 unspecified atom stereocenters. The van der Waals surface area contributed by atoms with E-state index >= 15 is 0 Å². The minimum Gasteiger partial charge on any atom is -0.481 e. The molecule has 120 valence electrons. The van der Waals surface area contributed by atoms with Crippen LogP contribution in [0, 0.1) is 5.41 Å². The van der Waals surface area contributed by atoms with Crippen LogP contribution in [0.3, 0.4) is 0 Å². The average Bonchev–Trinajstić information content (AvgIpc) is 2.81. The molecule has 6 heteroatoms. The molecule has 0 aromatic rings. The maximum absolute atomic E-state index is 12.2. The van der Waals surface area contributed by atoms with E-state index in [2.05, 4.69) is 24.5 Å². The summed E-state index contributed by atoms with van der Waals surface area (Å²) in [6, 6.07) is -0.198. The van der Waals surface area contributed by atoms with Crippen LogP contribution in [0.4, 0.5) is 4.79 Å². The molecule has 2 atom stereocenters. The zero-order valence-corrected chi connectivity index (χ0v) is 13.1. The van der Waals surface area contributed by atoms with Crippen LogP contribution in [0.15, 0.2) is 0 Å². The highest BCUT2D eigenvalue weighted by atomic mass is 16.5. The minimum absolute atomic E-state index is 0.00479. The molecular weight excluding hydrogens is 272 g/mol. The summed E-state index contributed by atoms with van der Waals surface area (Å²) < 4.78 is 5.37. The third kappa shape index (κ3) is 3.31. The third-order valence-corrected chi connectivity index (χ3v) is 5.20. The van der Waals surface area contributed by atoms with Crippen LogP contribution in [0.2, 0.25) is 0 Å². The number of carboxylic acid groups (broad SMARTS) is 1. The van der Waals surface area contributed by atoms with Crippen molar-refractivity contribution >= 4 is 12.0 Å². The largest absolute Gasteiger partial charge is 0.481 e. The normalized spacial score (nSPS) is 29.5. The number of hydrogen-bond donors (Lipinski definition) is 3. The van der Waals surface area contributed by atoms with Gasteiger partial charge in [-0.25, -0.2) is 4.79 Å². The van der Waals surface area contributed by atoms with Gasteiger partial charge in [-0.2, -0.15) is 0 Å². The molecule has 2 rings (SSSR count). The zero-order chi connectivity index (χ0) is 15.7. The fourth-order valence-corrected chi connectivity index (χ4v) is 3.65. The first-order chi connectivity index (χ1) is 9.79. The summed E-state index contributed by atoms with van der Waals surface area (Å²) in [6.45, 7) is 4.14. The Labute approximate surface area is 125 Å². The Morgan fingerprint density at radius 3 is 2.38 bits per heavy atom. The van der Waals surface area contributed by atoms with Crippen LogP contribution in [0.1, 0.15) is 52.4 Å². The first-order valence-electron chi connectivity index (χ1n) is 7.62.